The number of aromatic nitrogens is 1. The summed E-state index contributed by atoms with van der Waals surface area (Å²) in [6, 6.07) is 9.54. The van der Waals surface area contributed by atoms with Gasteiger partial charge in [-0.2, -0.15) is 0 Å². The van der Waals surface area contributed by atoms with Gasteiger partial charge in [-0.15, -0.1) is 11.8 Å². The van der Waals surface area contributed by atoms with Crippen LogP contribution in [0.25, 0.3) is 0 Å². The van der Waals surface area contributed by atoms with Gasteiger partial charge in [-0.25, -0.2) is 0 Å². The van der Waals surface area contributed by atoms with Crippen LogP contribution in [-0.2, 0) is 6.42 Å². The SMILES string of the molecule is CCSc1ccccc1C(=O)NCCc1cc(C)no1. The number of carbonyl (C=O) groups excluding carboxylic acids is 1. The molecule has 0 saturated carbocycles. The van der Waals surface area contributed by atoms with Crippen molar-refractivity contribution in [3.05, 3.63) is 47.3 Å². The lowest BCUT2D eigenvalue weighted by Crippen LogP contribution is -2.26. The summed E-state index contributed by atoms with van der Waals surface area (Å²) >= 11 is 1.67. The van der Waals surface area contributed by atoms with Gasteiger partial charge in [0.25, 0.3) is 5.91 Å². The molecule has 106 valence electrons. The fraction of sp³-hybridized carbons (Fsp3) is 0.333. The molecule has 2 rings (SSSR count). The van der Waals surface area contributed by atoms with E-state index in [2.05, 4.69) is 17.4 Å². The summed E-state index contributed by atoms with van der Waals surface area (Å²) in [5, 5.41) is 6.74. The molecule has 20 heavy (non-hydrogen) atoms. The number of nitrogens with one attached hydrogen (secondary N) is 1. The molecule has 1 amide bonds. The second-order valence-electron chi connectivity index (χ2n) is 4.37. The van der Waals surface area contributed by atoms with Crippen molar-refractivity contribution in [3.8, 4) is 0 Å². The van der Waals surface area contributed by atoms with Gasteiger partial charge < -0.3 is 9.84 Å². The first-order valence-electron chi connectivity index (χ1n) is 6.63. The van der Waals surface area contributed by atoms with E-state index in [0.717, 1.165) is 27.7 Å². The third kappa shape index (κ3) is 3.87. The molecule has 0 atom stereocenters. The van der Waals surface area contributed by atoms with E-state index in [1.807, 2.05) is 37.3 Å². The maximum Gasteiger partial charge on any atom is 0.252 e. The Morgan fingerprint density at radius 3 is 2.90 bits per heavy atom. The Hall–Kier alpha value is -1.75. The molecule has 0 saturated heterocycles. The van der Waals surface area contributed by atoms with E-state index in [1.54, 1.807) is 11.8 Å². The van der Waals surface area contributed by atoms with Gasteiger partial charge in [-0.05, 0) is 24.8 Å². The summed E-state index contributed by atoms with van der Waals surface area (Å²) in [4.78, 5) is 13.2. The van der Waals surface area contributed by atoms with Crippen molar-refractivity contribution in [2.24, 2.45) is 0 Å². The van der Waals surface area contributed by atoms with Gasteiger partial charge in [0.05, 0.1) is 11.3 Å². The van der Waals surface area contributed by atoms with Crippen LogP contribution in [0.5, 0.6) is 0 Å². The largest absolute Gasteiger partial charge is 0.361 e. The molecule has 1 N–H and O–H groups in total. The molecule has 1 aromatic heterocycles. The van der Waals surface area contributed by atoms with Crippen molar-refractivity contribution >= 4 is 17.7 Å². The molecule has 4 nitrogen and oxygen atoms in total. The van der Waals surface area contributed by atoms with Gasteiger partial charge in [-0.3, -0.25) is 4.79 Å². The number of benzene rings is 1. The Kier molecular flexibility index (Phi) is 5.24. The molecule has 0 aliphatic rings. The minimum absolute atomic E-state index is 0.0437. The predicted octanol–water partition coefficient (Wildman–Crippen LogP) is 3.07. The second-order valence-corrected chi connectivity index (χ2v) is 5.68. The highest BCUT2D eigenvalue weighted by Crippen LogP contribution is 2.22. The number of rotatable bonds is 6. The Balaban J connectivity index is 1.91. The highest BCUT2D eigenvalue weighted by Gasteiger charge is 2.10. The lowest BCUT2D eigenvalue weighted by atomic mass is 10.2. The molecule has 0 radical (unpaired) electrons. The Morgan fingerprint density at radius 2 is 2.20 bits per heavy atom. The van der Waals surface area contributed by atoms with Crippen LogP contribution in [0.15, 0.2) is 39.8 Å². The number of amides is 1. The lowest BCUT2D eigenvalue weighted by Gasteiger charge is -2.08. The summed E-state index contributed by atoms with van der Waals surface area (Å²) in [6.45, 7) is 4.49. The normalized spacial score (nSPS) is 10.5. The molecule has 0 aliphatic carbocycles. The average molecular weight is 290 g/mol. The first-order chi connectivity index (χ1) is 9.70. The number of nitrogens with zero attached hydrogens (tertiary/aromatic N) is 1. The molecule has 0 spiro atoms. The van der Waals surface area contributed by atoms with E-state index in [4.69, 9.17) is 4.52 Å². The van der Waals surface area contributed by atoms with Crippen molar-refractivity contribution in [2.45, 2.75) is 25.2 Å². The molecule has 0 unspecified atom stereocenters. The van der Waals surface area contributed by atoms with Crippen LogP contribution in [0.3, 0.4) is 0 Å². The molecular formula is C15H18N2O2S. The summed E-state index contributed by atoms with van der Waals surface area (Å²) in [7, 11) is 0. The smallest absolute Gasteiger partial charge is 0.252 e. The zero-order valence-corrected chi connectivity index (χ0v) is 12.5. The number of hydrogen-bond acceptors (Lipinski definition) is 4. The molecule has 1 aromatic carbocycles. The van der Waals surface area contributed by atoms with Crippen molar-refractivity contribution in [3.63, 3.8) is 0 Å². The molecule has 1 heterocycles. The molecule has 0 bridgehead atoms. The van der Waals surface area contributed by atoms with E-state index in [1.165, 1.54) is 0 Å². The van der Waals surface area contributed by atoms with E-state index in [0.29, 0.717) is 13.0 Å². The second kappa shape index (κ2) is 7.14. The van der Waals surface area contributed by atoms with Crippen molar-refractivity contribution < 1.29 is 9.32 Å². The van der Waals surface area contributed by atoms with Gasteiger partial charge in [0, 0.05) is 23.9 Å². The average Bonchev–Trinajstić information content (AvgIpc) is 2.85. The minimum Gasteiger partial charge on any atom is -0.361 e. The summed E-state index contributed by atoms with van der Waals surface area (Å²) in [5.74, 6) is 1.69. The zero-order valence-electron chi connectivity index (χ0n) is 11.7. The number of thioether (sulfide) groups is 1. The number of hydrogen-bond donors (Lipinski definition) is 1. The third-order valence-corrected chi connectivity index (χ3v) is 3.72. The summed E-state index contributed by atoms with van der Waals surface area (Å²) in [5.41, 5.74) is 1.59. The van der Waals surface area contributed by atoms with Crippen LogP contribution < -0.4 is 5.32 Å². The first-order valence-corrected chi connectivity index (χ1v) is 7.61. The number of carbonyl (C=O) groups is 1. The van der Waals surface area contributed by atoms with Crippen molar-refractivity contribution in [2.75, 3.05) is 12.3 Å². The van der Waals surface area contributed by atoms with Gasteiger partial charge in [-0.1, -0.05) is 24.2 Å². The fourth-order valence-electron chi connectivity index (χ4n) is 1.86. The highest BCUT2D eigenvalue weighted by atomic mass is 32.2. The molecule has 0 fully saturated rings. The topological polar surface area (TPSA) is 55.1 Å². The highest BCUT2D eigenvalue weighted by molar-refractivity contribution is 7.99. The van der Waals surface area contributed by atoms with Gasteiger partial charge >= 0.3 is 0 Å². The van der Waals surface area contributed by atoms with Crippen LogP contribution in [0.4, 0.5) is 0 Å². The maximum atomic E-state index is 12.2. The first kappa shape index (κ1) is 14.7. The third-order valence-electron chi connectivity index (χ3n) is 2.77. The summed E-state index contributed by atoms with van der Waals surface area (Å²) < 4.78 is 5.11. The standard InChI is InChI=1S/C15H18N2O2S/c1-3-20-14-7-5-4-6-13(14)15(18)16-9-8-12-10-11(2)17-19-12/h4-7,10H,3,8-9H2,1-2H3,(H,16,18). The van der Waals surface area contributed by atoms with E-state index in [-0.39, 0.29) is 5.91 Å². The Labute approximate surface area is 122 Å². The van der Waals surface area contributed by atoms with Crippen LogP contribution in [0, 0.1) is 6.92 Å². The van der Waals surface area contributed by atoms with E-state index < -0.39 is 0 Å². The molecule has 0 aliphatic heterocycles. The Morgan fingerprint density at radius 1 is 1.40 bits per heavy atom. The van der Waals surface area contributed by atoms with Crippen LogP contribution in [-0.4, -0.2) is 23.4 Å². The van der Waals surface area contributed by atoms with Crippen LogP contribution >= 0.6 is 11.8 Å². The quantitative estimate of drug-likeness (QED) is 0.831. The van der Waals surface area contributed by atoms with E-state index >= 15 is 0 Å². The fourth-order valence-corrected chi connectivity index (χ4v) is 2.67. The minimum atomic E-state index is -0.0437. The lowest BCUT2D eigenvalue weighted by molar-refractivity contribution is 0.0950. The van der Waals surface area contributed by atoms with Crippen molar-refractivity contribution in [1.29, 1.82) is 0 Å². The van der Waals surface area contributed by atoms with Crippen molar-refractivity contribution in [1.82, 2.24) is 10.5 Å². The van der Waals surface area contributed by atoms with Crippen LogP contribution in [0.1, 0.15) is 28.7 Å². The van der Waals surface area contributed by atoms with Gasteiger partial charge in [0.2, 0.25) is 0 Å². The Bertz CT molecular complexity index is 581. The van der Waals surface area contributed by atoms with Gasteiger partial charge in [0.15, 0.2) is 0 Å². The summed E-state index contributed by atoms with van der Waals surface area (Å²) in [6.07, 6.45) is 0.648. The molecule has 5 heteroatoms. The number of aryl methyl sites for hydroxylation is 1. The molecule has 2 aromatic rings. The van der Waals surface area contributed by atoms with Gasteiger partial charge in [0.1, 0.15) is 5.76 Å². The maximum absolute atomic E-state index is 12.2. The zero-order chi connectivity index (χ0) is 14.4. The predicted molar refractivity (Wildman–Crippen MR) is 80.1 cm³/mol. The van der Waals surface area contributed by atoms with Crippen LogP contribution in [0.2, 0.25) is 0 Å². The monoisotopic (exact) mass is 290 g/mol. The van der Waals surface area contributed by atoms with E-state index in [9.17, 15) is 4.79 Å². The molecular weight excluding hydrogens is 272 g/mol.